The molecule has 0 saturated heterocycles. The second kappa shape index (κ2) is 8.13. The fourth-order valence-electron chi connectivity index (χ4n) is 4.13. The lowest BCUT2D eigenvalue weighted by molar-refractivity contribution is -0.130. The van der Waals surface area contributed by atoms with E-state index < -0.39 is 0 Å². The number of H-pyrrole nitrogens is 1. The van der Waals surface area contributed by atoms with Gasteiger partial charge in [0, 0.05) is 23.5 Å². The summed E-state index contributed by atoms with van der Waals surface area (Å²) < 4.78 is 11.3. The summed E-state index contributed by atoms with van der Waals surface area (Å²) in [4.78, 5) is 12.9. The Morgan fingerprint density at radius 1 is 0.935 bits per heavy atom. The molecule has 3 atom stereocenters. The highest BCUT2D eigenvalue weighted by Gasteiger charge is 2.27. The van der Waals surface area contributed by atoms with E-state index in [1.807, 2.05) is 31.2 Å². The van der Waals surface area contributed by atoms with Crippen molar-refractivity contribution in [2.75, 3.05) is 7.11 Å². The first-order valence-corrected chi connectivity index (χ1v) is 10.6. The third-order valence-electron chi connectivity index (χ3n) is 5.71. The van der Waals surface area contributed by atoms with Crippen LogP contribution in [0.15, 0.2) is 81.2 Å². The van der Waals surface area contributed by atoms with Gasteiger partial charge in [0.1, 0.15) is 0 Å². The molecule has 0 saturated carbocycles. The third-order valence-corrected chi connectivity index (χ3v) is 5.71. The van der Waals surface area contributed by atoms with Crippen molar-refractivity contribution in [3.8, 4) is 0 Å². The Kier molecular flexibility index (Phi) is 5.18. The lowest BCUT2D eigenvalue weighted by atomic mass is 10.0. The standard InChI is InChI=1S/C25H26N4O2/c1-15(31-16(2)30-3)24-13-23-12-21-7-6-19(27-21)10-17-4-5-18(26-17)11-20-8-9-22(28-20)14-25(24)29-23/h4-12,14-16,23,26,29H,13H2,1-3H3. The van der Waals surface area contributed by atoms with Crippen molar-refractivity contribution >= 4 is 23.6 Å². The highest BCUT2D eigenvalue weighted by atomic mass is 16.7. The van der Waals surface area contributed by atoms with Crippen LogP contribution in [0.2, 0.25) is 0 Å². The third kappa shape index (κ3) is 4.31. The molecule has 1 aromatic rings. The minimum absolute atomic E-state index is 0.0799. The predicted octanol–water partition coefficient (Wildman–Crippen LogP) is 2.39. The first kappa shape index (κ1) is 19.7. The molecule has 0 amide bonds. The molecular formula is C25H26N4O2. The molecule has 0 aliphatic carbocycles. The zero-order valence-corrected chi connectivity index (χ0v) is 17.9. The van der Waals surface area contributed by atoms with Gasteiger partial charge in [-0.05, 0) is 86.6 Å². The molecule has 2 N–H and O–H groups in total. The van der Waals surface area contributed by atoms with Gasteiger partial charge in [-0.3, -0.25) is 0 Å². The number of nitrogens with zero attached hydrogens (tertiary/aromatic N) is 2. The van der Waals surface area contributed by atoms with Crippen LogP contribution in [0.5, 0.6) is 0 Å². The molecule has 4 aliphatic heterocycles. The van der Waals surface area contributed by atoms with Crippen LogP contribution in [-0.2, 0) is 9.47 Å². The molecule has 158 valence electrons. The van der Waals surface area contributed by atoms with Crippen LogP contribution >= 0.6 is 0 Å². The van der Waals surface area contributed by atoms with Gasteiger partial charge in [-0.1, -0.05) is 0 Å². The van der Waals surface area contributed by atoms with Crippen LogP contribution in [0, 0.1) is 0 Å². The second-order valence-corrected chi connectivity index (χ2v) is 8.03. The minimum atomic E-state index is -0.271. The summed E-state index contributed by atoms with van der Waals surface area (Å²) in [7, 11) is 1.66. The van der Waals surface area contributed by atoms with Crippen molar-refractivity contribution in [3.05, 3.63) is 82.0 Å². The van der Waals surface area contributed by atoms with Gasteiger partial charge in [-0.15, -0.1) is 0 Å². The van der Waals surface area contributed by atoms with E-state index in [2.05, 4.69) is 53.7 Å². The van der Waals surface area contributed by atoms with Crippen molar-refractivity contribution in [2.45, 2.75) is 38.7 Å². The quantitative estimate of drug-likeness (QED) is 0.744. The van der Waals surface area contributed by atoms with E-state index in [-0.39, 0.29) is 18.4 Å². The van der Waals surface area contributed by atoms with E-state index in [9.17, 15) is 0 Å². The van der Waals surface area contributed by atoms with Crippen LogP contribution in [0.4, 0.5) is 0 Å². The maximum atomic E-state index is 6.03. The summed E-state index contributed by atoms with van der Waals surface area (Å²) >= 11 is 0. The highest BCUT2D eigenvalue weighted by molar-refractivity contribution is 6.20. The molecule has 3 unspecified atom stereocenters. The van der Waals surface area contributed by atoms with Gasteiger partial charge in [-0.25, -0.2) is 9.98 Å². The highest BCUT2D eigenvalue weighted by Crippen LogP contribution is 2.29. The number of ether oxygens (including phenoxy) is 2. The SMILES string of the molecule is COC(C)OC(C)C1=C2C=C3C=CC(=N3)C=c3ccc([nH]3)=CC3=NC(=CC(C1)N2)C=C3. The van der Waals surface area contributed by atoms with Gasteiger partial charge >= 0.3 is 0 Å². The average Bonchev–Trinajstić information content (AvgIpc) is 3.52. The summed E-state index contributed by atoms with van der Waals surface area (Å²) in [5.74, 6) is 0. The fourth-order valence-corrected chi connectivity index (χ4v) is 4.13. The van der Waals surface area contributed by atoms with Crippen molar-refractivity contribution < 1.29 is 9.47 Å². The number of nitrogens with one attached hydrogen (secondary N) is 2. The first-order chi connectivity index (χ1) is 15.1. The van der Waals surface area contributed by atoms with E-state index in [1.165, 1.54) is 5.57 Å². The molecule has 0 radical (unpaired) electrons. The summed E-state index contributed by atoms with van der Waals surface area (Å²) in [6.07, 6.45) is 17.0. The Labute approximate surface area is 181 Å². The number of aliphatic imine (C=N–C) groups is 2. The number of hydrogen-bond acceptors (Lipinski definition) is 5. The molecule has 0 aromatic carbocycles. The van der Waals surface area contributed by atoms with Crippen molar-refractivity contribution in [1.82, 2.24) is 10.3 Å². The van der Waals surface area contributed by atoms with E-state index >= 15 is 0 Å². The number of rotatable bonds is 4. The zero-order valence-electron chi connectivity index (χ0n) is 17.9. The molecule has 1 aromatic heterocycles. The monoisotopic (exact) mass is 414 g/mol. The molecule has 5 rings (SSSR count). The number of aromatic amines is 1. The van der Waals surface area contributed by atoms with Gasteiger partial charge in [-0.2, -0.15) is 0 Å². The average molecular weight is 415 g/mol. The van der Waals surface area contributed by atoms with Crippen LogP contribution in [0.1, 0.15) is 20.3 Å². The van der Waals surface area contributed by atoms with E-state index in [0.29, 0.717) is 0 Å². The van der Waals surface area contributed by atoms with Crippen molar-refractivity contribution in [2.24, 2.45) is 9.98 Å². The smallest absolute Gasteiger partial charge is 0.155 e. The lowest BCUT2D eigenvalue weighted by Crippen LogP contribution is -2.21. The van der Waals surface area contributed by atoms with Crippen LogP contribution < -0.4 is 16.0 Å². The number of fused-ring (bicyclic) bond motifs is 6. The first-order valence-electron chi connectivity index (χ1n) is 10.6. The molecule has 5 heterocycles. The van der Waals surface area contributed by atoms with Crippen LogP contribution in [0.3, 0.4) is 0 Å². The maximum absolute atomic E-state index is 6.03. The Bertz CT molecular complexity index is 1240. The number of hydrogen-bond donors (Lipinski definition) is 2. The number of allylic oxidation sites excluding steroid dienone is 5. The summed E-state index contributed by atoms with van der Waals surface area (Å²) in [6, 6.07) is 4.25. The Balaban J connectivity index is 1.58. The van der Waals surface area contributed by atoms with Crippen LogP contribution in [0.25, 0.3) is 12.2 Å². The number of methoxy groups -OCH3 is 1. The molecule has 6 heteroatoms. The number of aromatic nitrogens is 1. The molecule has 4 aliphatic rings. The van der Waals surface area contributed by atoms with Gasteiger partial charge in [0.05, 0.1) is 35.0 Å². The topological polar surface area (TPSA) is 71.0 Å². The molecule has 0 fully saturated rings. The van der Waals surface area contributed by atoms with Gasteiger partial charge in [0.25, 0.3) is 0 Å². The van der Waals surface area contributed by atoms with Gasteiger partial charge in [0.2, 0.25) is 0 Å². The van der Waals surface area contributed by atoms with E-state index in [4.69, 9.17) is 19.5 Å². The van der Waals surface area contributed by atoms with Crippen molar-refractivity contribution in [1.29, 1.82) is 0 Å². The van der Waals surface area contributed by atoms with Gasteiger partial charge < -0.3 is 19.8 Å². The summed E-state index contributed by atoms with van der Waals surface area (Å²) in [5, 5.41) is 5.66. The second-order valence-electron chi connectivity index (χ2n) is 8.03. The zero-order chi connectivity index (χ0) is 21.4. The Morgan fingerprint density at radius 2 is 1.61 bits per heavy atom. The largest absolute Gasteiger partial charge is 0.378 e. The summed E-state index contributed by atoms with van der Waals surface area (Å²) in [6.45, 7) is 3.98. The van der Waals surface area contributed by atoms with E-state index in [1.54, 1.807) is 7.11 Å². The van der Waals surface area contributed by atoms with Gasteiger partial charge in [0.15, 0.2) is 6.29 Å². The fraction of sp³-hybridized carbons (Fsp3) is 0.280. The van der Waals surface area contributed by atoms with Crippen LogP contribution in [-0.4, -0.2) is 42.0 Å². The molecular weight excluding hydrogens is 388 g/mol. The molecule has 6 nitrogen and oxygen atoms in total. The van der Waals surface area contributed by atoms with E-state index in [0.717, 1.165) is 45.6 Å². The lowest BCUT2D eigenvalue weighted by Gasteiger charge is -2.19. The van der Waals surface area contributed by atoms with Crippen molar-refractivity contribution in [3.63, 3.8) is 0 Å². The normalized spacial score (nSPS) is 23.4. The molecule has 31 heavy (non-hydrogen) atoms. The Morgan fingerprint density at radius 3 is 2.32 bits per heavy atom. The Hall–Kier alpha value is -3.22. The molecule has 8 bridgehead atoms. The summed E-state index contributed by atoms with van der Waals surface area (Å²) in [5.41, 5.74) is 5.98. The predicted molar refractivity (Wildman–Crippen MR) is 124 cm³/mol. The molecule has 0 spiro atoms. The maximum Gasteiger partial charge on any atom is 0.155 e. The minimum Gasteiger partial charge on any atom is -0.378 e.